The zero-order valence-corrected chi connectivity index (χ0v) is 24.6. The van der Waals surface area contributed by atoms with Gasteiger partial charge in [0.2, 0.25) is 0 Å². The molecule has 228 valence electrons. The van der Waals surface area contributed by atoms with Crippen molar-refractivity contribution in [3.8, 4) is 0 Å². The molecular formula is C34H40N2O7. The number of hydrogen-bond donors (Lipinski definition) is 4. The number of hydrogen-bond acceptors (Lipinski definition) is 8. The van der Waals surface area contributed by atoms with Crippen LogP contribution < -0.4 is 5.73 Å². The van der Waals surface area contributed by atoms with Crippen LogP contribution in [0.5, 0.6) is 0 Å². The van der Waals surface area contributed by atoms with Gasteiger partial charge in [0.25, 0.3) is 0 Å². The number of aliphatic hydroxyl groups is 3. The number of nitrogen functional groups attached to an aromatic ring is 1. The Morgan fingerprint density at radius 1 is 1.19 bits per heavy atom. The van der Waals surface area contributed by atoms with Crippen LogP contribution in [0.2, 0.25) is 0 Å². The average Bonchev–Trinajstić information content (AvgIpc) is 3.65. The molecule has 4 aliphatic carbocycles. The molecule has 1 aromatic carbocycles. The Balaban J connectivity index is 1.19. The SMILES string of the molecule is C[C@]12C=CC(=O)C=C1CC[C@@H]1[C@@H]2[C@@H](O)C[C@@]2(C)[C@H]1C[C@H]1O[C@@H](c3ccn(Cc4cc(N)ccc4CO)c3)O[C@]12C(=O)CO. The fourth-order valence-corrected chi connectivity index (χ4v) is 9.68. The molecule has 0 bridgehead atoms. The summed E-state index contributed by atoms with van der Waals surface area (Å²) >= 11 is 0. The van der Waals surface area contributed by atoms with Crippen molar-refractivity contribution in [3.05, 3.63) is 77.2 Å². The molecule has 1 aromatic heterocycles. The van der Waals surface area contributed by atoms with E-state index in [0.717, 1.165) is 35.1 Å². The number of carbonyl (C=O) groups is 2. The molecular weight excluding hydrogens is 548 g/mol. The van der Waals surface area contributed by atoms with Crippen LogP contribution in [0.3, 0.4) is 0 Å². The lowest BCUT2D eigenvalue weighted by Crippen LogP contribution is -2.63. The summed E-state index contributed by atoms with van der Waals surface area (Å²) in [5.74, 6) is -0.360. The minimum absolute atomic E-state index is 0.00707. The summed E-state index contributed by atoms with van der Waals surface area (Å²) < 4.78 is 15.2. The average molecular weight is 589 g/mol. The van der Waals surface area contributed by atoms with Gasteiger partial charge in [0.15, 0.2) is 23.5 Å². The van der Waals surface area contributed by atoms with Gasteiger partial charge in [0, 0.05) is 46.9 Å². The van der Waals surface area contributed by atoms with Gasteiger partial charge in [-0.1, -0.05) is 31.6 Å². The first-order valence-electron chi connectivity index (χ1n) is 15.3. The van der Waals surface area contributed by atoms with E-state index < -0.39 is 47.3 Å². The van der Waals surface area contributed by atoms with Crippen LogP contribution in [-0.4, -0.2) is 55.9 Å². The summed E-state index contributed by atoms with van der Waals surface area (Å²) in [6, 6.07) is 7.33. The Morgan fingerprint density at radius 3 is 2.77 bits per heavy atom. The van der Waals surface area contributed by atoms with Crippen molar-refractivity contribution < 1.29 is 34.4 Å². The zero-order chi connectivity index (χ0) is 30.3. The van der Waals surface area contributed by atoms with Crippen molar-refractivity contribution in [2.24, 2.45) is 28.6 Å². The predicted octanol–water partition coefficient (Wildman–Crippen LogP) is 3.21. The molecule has 0 radical (unpaired) electrons. The van der Waals surface area contributed by atoms with Crippen LogP contribution in [-0.2, 0) is 32.2 Å². The van der Waals surface area contributed by atoms with E-state index in [9.17, 15) is 24.9 Å². The number of nitrogens with zero attached hydrogens (tertiary/aromatic N) is 1. The van der Waals surface area contributed by atoms with Crippen LogP contribution in [0.4, 0.5) is 5.69 Å². The first kappa shape index (κ1) is 28.7. The topological polar surface area (TPSA) is 144 Å². The van der Waals surface area contributed by atoms with Gasteiger partial charge in [-0.15, -0.1) is 0 Å². The number of aliphatic hydroxyl groups excluding tert-OH is 3. The first-order chi connectivity index (χ1) is 20.5. The lowest BCUT2D eigenvalue weighted by atomic mass is 9.46. The molecule has 1 saturated heterocycles. The summed E-state index contributed by atoms with van der Waals surface area (Å²) in [6.45, 7) is 3.88. The largest absolute Gasteiger partial charge is 0.399 e. The highest BCUT2D eigenvalue weighted by molar-refractivity contribution is 6.01. The van der Waals surface area contributed by atoms with Crippen molar-refractivity contribution in [1.82, 2.24) is 4.57 Å². The van der Waals surface area contributed by atoms with Crippen molar-refractivity contribution in [1.29, 1.82) is 0 Å². The van der Waals surface area contributed by atoms with Crippen LogP contribution >= 0.6 is 0 Å². The van der Waals surface area contributed by atoms with Gasteiger partial charge in [-0.25, -0.2) is 0 Å². The summed E-state index contributed by atoms with van der Waals surface area (Å²) in [4.78, 5) is 25.9. The molecule has 9 heteroatoms. The number of aromatic nitrogens is 1. The minimum Gasteiger partial charge on any atom is -0.399 e. The number of ketones is 2. The number of ether oxygens (including phenoxy) is 2. The van der Waals surface area contributed by atoms with Gasteiger partial charge in [0.05, 0.1) is 18.8 Å². The molecule has 4 fully saturated rings. The van der Waals surface area contributed by atoms with Gasteiger partial charge in [-0.05, 0) is 79.0 Å². The lowest BCUT2D eigenvalue weighted by molar-refractivity contribution is -0.201. The Kier molecular flexibility index (Phi) is 6.65. The number of fused-ring (bicyclic) bond motifs is 7. The molecule has 3 saturated carbocycles. The molecule has 5 N–H and O–H groups in total. The fourth-order valence-electron chi connectivity index (χ4n) is 9.68. The number of anilines is 1. The van der Waals surface area contributed by atoms with Gasteiger partial charge in [-0.2, -0.15) is 0 Å². The molecule has 0 spiro atoms. The van der Waals surface area contributed by atoms with Crippen molar-refractivity contribution in [3.63, 3.8) is 0 Å². The van der Waals surface area contributed by atoms with Gasteiger partial charge in [0.1, 0.15) is 6.61 Å². The highest BCUT2D eigenvalue weighted by Gasteiger charge is 2.75. The minimum atomic E-state index is -1.39. The molecule has 7 rings (SSSR count). The van der Waals surface area contributed by atoms with E-state index in [-0.39, 0.29) is 30.1 Å². The molecule has 0 unspecified atom stereocenters. The molecule has 9 nitrogen and oxygen atoms in total. The van der Waals surface area contributed by atoms with E-state index in [4.69, 9.17) is 15.2 Å². The Hall–Kier alpha value is -3.08. The van der Waals surface area contributed by atoms with Crippen LogP contribution in [0, 0.1) is 28.6 Å². The molecule has 5 aliphatic rings. The molecule has 0 amide bonds. The third-order valence-electron chi connectivity index (χ3n) is 11.6. The van der Waals surface area contributed by atoms with Crippen LogP contribution in [0.1, 0.15) is 62.5 Å². The number of carbonyl (C=O) groups excluding carboxylic acids is 2. The van der Waals surface area contributed by atoms with Crippen LogP contribution in [0.15, 0.2) is 60.5 Å². The second-order valence-corrected chi connectivity index (χ2v) is 13.6. The summed E-state index contributed by atoms with van der Waals surface area (Å²) in [7, 11) is 0. The maximum Gasteiger partial charge on any atom is 0.193 e. The van der Waals surface area contributed by atoms with E-state index in [1.54, 1.807) is 18.2 Å². The number of allylic oxidation sites excluding steroid dienone is 4. The second-order valence-electron chi connectivity index (χ2n) is 13.6. The summed E-state index contributed by atoms with van der Waals surface area (Å²) in [6.07, 6.45) is 9.54. The number of benzene rings is 1. The van der Waals surface area contributed by atoms with Crippen molar-refractivity contribution in [2.75, 3.05) is 12.3 Å². The van der Waals surface area contributed by atoms with Gasteiger partial charge >= 0.3 is 0 Å². The molecule has 9 atom stereocenters. The van der Waals surface area contributed by atoms with Crippen LogP contribution in [0.25, 0.3) is 0 Å². The smallest absolute Gasteiger partial charge is 0.193 e. The fraction of sp³-hybridized carbons (Fsp3) is 0.529. The summed E-state index contributed by atoms with van der Waals surface area (Å²) in [5.41, 5.74) is 7.56. The summed E-state index contributed by atoms with van der Waals surface area (Å²) in [5, 5.41) is 31.8. The predicted molar refractivity (Wildman–Crippen MR) is 157 cm³/mol. The highest BCUT2D eigenvalue weighted by Crippen LogP contribution is 2.70. The molecule has 2 heterocycles. The lowest BCUT2D eigenvalue weighted by Gasteiger charge is -2.59. The quantitative estimate of drug-likeness (QED) is 0.377. The Labute approximate surface area is 251 Å². The van der Waals surface area contributed by atoms with Crippen molar-refractivity contribution in [2.45, 2.75) is 76.8 Å². The zero-order valence-electron chi connectivity index (χ0n) is 24.6. The Bertz CT molecular complexity index is 1540. The number of rotatable bonds is 6. The van der Waals surface area contributed by atoms with E-state index in [2.05, 4.69) is 6.92 Å². The van der Waals surface area contributed by atoms with E-state index in [1.807, 2.05) is 48.2 Å². The van der Waals surface area contributed by atoms with E-state index in [1.165, 1.54) is 0 Å². The van der Waals surface area contributed by atoms with E-state index >= 15 is 0 Å². The second kappa shape index (κ2) is 9.97. The monoisotopic (exact) mass is 588 g/mol. The maximum absolute atomic E-state index is 13.8. The Morgan fingerprint density at radius 2 is 2.00 bits per heavy atom. The third-order valence-corrected chi connectivity index (χ3v) is 11.6. The molecule has 2 aromatic rings. The normalized spacial score (nSPS) is 39.6. The van der Waals surface area contributed by atoms with Gasteiger partial charge in [-0.3, -0.25) is 9.59 Å². The third kappa shape index (κ3) is 4.02. The van der Waals surface area contributed by atoms with Gasteiger partial charge < -0.3 is 35.1 Å². The first-order valence-corrected chi connectivity index (χ1v) is 15.3. The van der Waals surface area contributed by atoms with Crippen molar-refractivity contribution >= 4 is 17.3 Å². The highest BCUT2D eigenvalue weighted by atomic mass is 16.7. The number of nitrogens with two attached hydrogens (primary N) is 1. The molecule has 43 heavy (non-hydrogen) atoms. The maximum atomic E-state index is 13.8. The number of Topliss-reactive ketones (excluding diaryl/α,β-unsaturated/α-hetero) is 1. The molecule has 1 aliphatic heterocycles. The standard InChI is InChI=1S/C34H40N2O7/c1-32-9-7-24(39)12-22(32)4-6-25-26-13-29-34(28(41)18-38,33(26,2)14-27(40)30(25)32)43-31(42-29)19-8-10-36(15-19)16-21-11-23(35)5-3-20(21)17-37/h3,5,7-12,15,25-27,29-31,37-38,40H,4,6,13-14,16-18,35H2,1-2H3/t25-,26-,27-,29+,30+,31+,32-,33-,34+/m0/s1. The van der Waals surface area contributed by atoms with E-state index in [0.29, 0.717) is 25.1 Å².